The summed E-state index contributed by atoms with van der Waals surface area (Å²) in [5.41, 5.74) is 1.54. The normalized spacial score (nSPS) is 8.92. The van der Waals surface area contributed by atoms with Gasteiger partial charge in [-0.15, -0.1) is 6.42 Å². The maximum atomic E-state index is 5.36. The second kappa shape index (κ2) is 4.37. The first-order valence-electron chi connectivity index (χ1n) is 4.09. The molecule has 13 heavy (non-hydrogen) atoms. The van der Waals surface area contributed by atoms with Crippen molar-refractivity contribution < 1.29 is 4.74 Å². The number of ether oxygens (including phenoxy) is 1. The molecule has 0 saturated heterocycles. The lowest BCUT2D eigenvalue weighted by molar-refractivity contribution is 0.339. The number of terminal acetylenes is 1. The van der Waals surface area contributed by atoms with Crippen LogP contribution in [0.25, 0.3) is 0 Å². The Kier molecular flexibility index (Phi) is 3.16. The first-order valence-corrected chi connectivity index (χ1v) is 4.09. The van der Waals surface area contributed by atoms with E-state index in [2.05, 4.69) is 18.6 Å². The van der Waals surface area contributed by atoms with E-state index in [9.17, 15) is 0 Å². The molecule has 1 radical (unpaired) electrons. The molecule has 0 bridgehead atoms. The summed E-state index contributed by atoms with van der Waals surface area (Å²) in [5.74, 6) is 3.29. The Morgan fingerprint density at radius 2 is 2.31 bits per heavy atom. The predicted octanol–water partition coefficient (Wildman–Crippen LogP) is 2.40. The second-order valence-electron chi connectivity index (χ2n) is 2.43. The Balaban J connectivity index is 3.20. The van der Waals surface area contributed by atoms with Gasteiger partial charge in [-0.1, -0.05) is 24.6 Å². The van der Waals surface area contributed by atoms with E-state index in [1.807, 2.05) is 25.1 Å². The molecule has 1 nitrogen and oxygen atoms in total. The summed E-state index contributed by atoms with van der Waals surface area (Å²) in [6.07, 6.45) is 8.13. The summed E-state index contributed by atoms with van der Waals surface area (Å²) in [5, 5.41) is 0. The summed E-state index contributed by atoms with van der Waals surface area (Å²) in [6, 6.07) is 5.59. The highest BCUT2D eigenvalue weighted by molar-refractivity contribution is 5.52. The van der Waals surface area contributed by atoms with Gasteiger partial charge < -0.3 is 4.74 Å². The zero-order valence-electron chi connectivity index (χ0n) is 7.63. The molecule has 1 heteroatoms. The van der Waals surface area contributed by atoms with E-state index in [4.69, 9.17) is 11.2 Å². The number of benzene rings is 1. The van der Waals surface area contributed by atoms with Gasteiger partial charge in [0.2, 0.25) is 0 Å². The van der Waals surface area contributed by atoms with Crippen LogP contribution in [0.3, 0.4) is 0 Å². The van der Waals surface area contributed by atoms with Crippen molar-refractivity contribution >= 4 is 0 Å². The minimum Gasteiger partial charge on any atom is -0.493 e. The van der Waals surface area contributed by atoms with E-state index in [1.54, 1.807) is 0 Å². The van der Waals surface area contributed by atoms with Crippen LogP contribution in [0.4, 0.5) is 0 Å². The molecule has 0 atom stereocenters. The zero-order valence-corrected chi connectivity index (χ0v) is 7.63. The Bertz CT molecular complexity index is 345. The molecule has 0 aliphatic rings. The summed E-state index contributed by atoms with van der Waals surface area (Å²) in [4.78, 5) is 0. The summed E-state index contributed by atoms with van der Waals surface area (Å²) < 4.78 is 5.36. The van der Waals surface area contributed by atoms with Crippen molar-refractivity contribution in [2.75, 3.05) is 6.61 Å². The van der Waals surface area contributed by atoms with Gasteiger partial charge in [-0.3, -0.25) is 0 Å². The van der Waals surface area contributed by atoms with Crippen LogP contribution >= 0.6 is 0 Å². The summed E-state index contributed by atoms with van der Waals surface area (Å²) in [7, 11) is 0. The highest BCUT2D eigenvalue weighted by Crippen LogP contribution is 2.21. The molecule has 0 N–H and O–H groups in total. The maximum absolute atomic E-state index is 5.36. The molecule has 0 amide bonds. The molecule has 1 rings (SSSR count). The number of hydrogen-bond acceptors (Lipinski definition) is 1. The minimum absolute atomic E-state index is 0.606. The molecule has 0 unspecified atom stereocenters. The van der Waals surface area contributed by atoms with Gasteiger partial charge >= 0.3 is 0 Å². The van der Waals surface area contributed by atoms with Gasteiger partial charge in [0.1, 0.15) is 5.75 Å². The average molecular weight is 171 g/mol. The van der Waals surface area contributed by atoms with E-state index >= 15 is 0 Å². The van der Waals surface area contributed by atoms with Crippen LogP contribution in [0.2, 0.25) is 0 Å². The fourth-order valence-corrected chi connectivity index (χ4v) is 1.10. The first-order chi connectivity index (χ1) is 6.33. The minimum atomic E-state index is 0.606. The zero-order chi connectivity index (χ0) is 9.68. The Morgan fingerprint density at radius 3 is 2.85 bits per heavy atom. The first kappa shape index (κ1) is 9.41. The third-order valence-electron chi connectivity index (χ3n) is 1.66. The van der Waals surface area contributed by atoms with Gasteiger partial charge in [0, 0.05) is 5.56 Å². The van der Waals surface area contributed by atoms with Gasteiger partial charge in [-0.25, -0.2) is 0 Å². The fraction of sp³-hybridized carbons (Fsp3) is 0.167. The highest BCUT2D eigenvalue weighted by atomic mass is 16.5. The van der Waals surface area contributed by atoms with E-state index in [1.165, 1.54) is 0 Å². The highest BCUT2D eigenvalue weighted by Gasteiger charge is 2.03. The lowest BCUT2D eigenvalue weighted by Crippen LogP contribution is -1.95. The van der Waals surface area contributed by atoms with Crippen LogP contribution < -0.4 is 4.74 Å². The quantitative estimate of drug-likeness (QED) is 0.634. The van der Waals surface area contributed by atoms with Crippen LogP contribution in [0.1, 0.15) is 18.1 Å². The van der Waals surface area contributed by atoms with Crippen LogP contribution in [0.5, 0.6) is 5.75 Å². The maximum Gasteiger partial charge on any atom is 0.135 e. The topological polar surface area (TPSA) is 9.23 Å². The van der Waals surface area contributed by atoms with E-state index in [-0.39, 0.29) is 0 Å². The molecule has 1 aromatic rings. The lowest BCUT2D eigenvalue weighted by atomic mass is 10.1. The number of hydrogen-bond donors (Lipinski definition) is 0. The van der Waals surface area contributed by atoms with Crippen molar-refractivity contribution in [2.45, 2.75) is 6.92 Å². The molecular weight excluding hydrogens is 160 g/mol. The van der Waals surface area contributed by atoms with Crippen molar-refractivity contribution in [1.29, 1.82) is 0 Å². The Labute approximate surface area is 79.0 Å². The van der Waals surface area contributed by atoms with Crippen LogP contribution in [0.15, 0.2) is 24.8 Å². The monoisotopic (exact) mass is 171 g/mol. The van der Waals surface area contributed by atoms with Gasteiger partial charge in [0.15, 0.2) is 0 Å². The molecule has 0 spiro atoms. The van der Waals surface area contributed by atoms with Crippen molar-refractivity contribution in [1.82, 2.24) is 0 Å². The van der Waals surface area contributed by atoms with E-state index in [0.717, 1.165) is 16.9 Å². The average Bonchev–Trinajstić information content (AvgIpc) is 2.18. The summed E-state index contributed by atoms with van der Waals surface area (Å²) in [6.45, 7) is 6.09. The Morgan fingerprint density at radius 1 is 1.54 bits per heavy atom. The third kappa shape index (κ3) is 1.91. The molecule has 0 aromatic heterocycles. The van der Waals surface area contributed by atoms with Gasteiger partial charge in [0.05, 0.1) is 12.2 Å². The molecule has 0 fully saturated rings. The molecule has 0 saturated carbocycles. The SMILES string of the molecule is C#Cc1c([C]=C)cccc1OCC. The molecule has 1 aromatic carbocycles. The molecular formula is C12H11O. The third-order valence-corrected chi connectivity index (χ3v) is 1.66. The molecule has 0 aliphatic heterocycles. The lowest BCUT2D eigenvalue weighted by Gasteiger charge is -2.07. The standard InChI is InChI=1S/C12H11O/c1-4-10-8-7-9-12(13-6-3)11(10)5-2/h2,7-9H,1,6H2,3H3. The van der Waals surface area contributed by atoms with Crippen molar-refractivity contribution in [3.05, 3.63) is 42.0 Å². The summed E-state index contributed by atoms with van der Waals surface area (Å²) >= 11 is 0. The second-order valence-corrected chi connectivity index (χ2v) is 2.43. The molecule has 0 aliphatic carbocycles. The van der Waals surface area contributed by atoms with Crippen molar-refractivity contribution in [3.63, 3.8) is 0 Å². The van der Waals surface area contributed by atoms with Gasteiger partial charge in [-0.2, -0.15) is 0 Å². The van der Waals surface area contributed by atoms with Crippen LogP contribution in [0, 0.1) is 18.4 Å². The largest absolute Gasteiger partial charge is 0.493 e. The van der Waals surface area contributed by atoms with Crippen molar-refractivity contribution in [2.24, 2.45) is 0 Å². The van der Waals surface area contributed by atoms with E-state index < -0.39 is 0 Å². The fourth-order valence-electron chi connectivity index (χ4n) is 1.10. The molecule has 0 heterocycles. The van der Waals surface area contributed by atoms with Gasteiger partial charge in [-0.05, 0) is 19.1 Å². The van der Waals surface area contributed by atoms with Crippen molar-refractivity contribution in [3.8, 4) is 18.1 Å². The smallest absolute Gasteiger partial charge is 0.135 e. The van der Waals surface area contributed by atoms with Gasteiger partial charge in [0.25, 0.3) is 0 Å². The Hall–Kier alpha value is -1.68. The van der Waals surface area contributed by atoms with Crippen LogP contribution in [-0.4, -0.2) is 6.61 Å². The predicted molar refractivity (Wildman–Crippen MR) is 53.5 cm³/mol. The number of rotatable bonds is 3. The van der Waals surface area contributed by atoms with E-state index in [0.29, 0.717) is 6.61 Å². The van der Waals surface area contributed by atoms with Crippen LogP contribution in [-0.2, 0) is 0 Å². The molecule has 65 valence electrons.